The molecule has 7 heteroatoms. The monoisotopic (exact) mass is 307 g/mol. The Morgan fingerprint density at radius 3 is 2.95 bits per heavy atom. The number of nitro benzene ring substituents is 1. The molecule has 0 bridgehead atoms. The molecule has 1 saturated carbocycles. The maximum Gasteiger partial charge on any atom is 0.287 e. The Kier molecular flexibility index (Phi) is 4.70. The molecule has 0 saturated heterocycles. The molecule has 2 N–H and O–H groups in total. The number of nitro groups is 1. The second-order valence-electron chi connectivity index (χ2n) is 5.04. The summed E-state index contributed by atoms with van der Waals surface area (Å²) in [5.41, 5.74) is -0.317. The summed E-state index contributed by atoms with van der Waals surface area (Å²) in [6, 6.07) is 6.14. The molecule has 2 atom stereocenters. The molecule has 0 amide bonds. The van der Waals surface area contributed by atoms with Crippen LogP contribution in [-0.2, 0) is 0 Å². The van der Waals surface area contributed by atoms with Gasteiger partial charge in [-0.05, 0) is 30.7 Å². The molecule has 0 heterocycles. The van der Waals surface area contributed by atoms with Gasteiger partial charge in [0.25, 0.3) is 5.69 Å². The van der Waals surface area contributed by atoms with Crippen LogP contribution in [0.5, 0.6) is 0 Å². The highest BCUT2D eigenvalue weighted by atomic mass is 32.2. The third kappa shape index (κ3) is 3.28. The Balaban J connectivity index is 2.04. The van der Waals surface area contributed by atoms with E-state index in [9.17, 15) is 15.2 Å². The summed E-state index contributed by atoms with van der Waals surface area (Å²) in [7, 11) is 0. The van der Waals surface area contributed by atoms with Crippen LogP contribution in [-0.4, -0.2) is 33.2 Å². The van der Waals surface area contributed by atoms with Gasteiger partial charge < -0.3 is 10.4 Å². The highest BCUT2D eigenvalue weighted by molar-refractivity contribution is 8.00. The molecule has 0 aromatic heterocycles. The zero-order chi connectivity index (χ0) is 15.5. The third-order valence-electron chi connectivity index (χ3n) is 3.72. The average molecular weight is 307 g/mol. The number of nitriles is 1. The van der Waals surface area contributed by atoms with Crippen molar-refractivity contribution in [1.29, 1.82) is 5.26 Å². The second-order valence-corrected chi connectivity index (χ2v) is 6.52. The molecule has 0 aliphatic heterocycles. The van der Waals surface area contributed by atoms with Gasteiger partial charge in [-0.25, -0.2) is 0 Å². The fourth-order valence-electron chi connectivity index (χ4n) is 2.39. The summed E-state index contributed by atoms with van der Waals surface area (Å²) in [6.07, 6.45) is 1.75. The first-order chi connectivity index (χ1) is 10.00. The van der Waals surface area contributed by atoms with E-state index in [2.05, 4.69) is 12.2 Å². The summed E-state index contributed by atoms with van der Waals surface area (Å²) in [6.45, 7) is 2.44. The van der Waals surface area contributed by atoms with Gasteiger partial charge in [0.05, 0.1) is 10.5 Å². The summed E-state index contributed by atoms with van der Waals surface area (Å²) in [5.74, 6) is 0.961. The molecule has 0 unspecified atom stereocenters. The van der Waals surface area contributed by atoms with E-state index in [-0.39, 0.29) is 16.5 Å². The molecular weight excluding hydrogens is 290 g/mol. The van der Waals surface area contributed by atoms with E-state index in [4.69, 9.17) is 5.26 Å². The number of hydrogen-bond acceptors (Lipinski definition) is 6. The number of nitrogens with zero attached hydrogens (tertiary/aromatic N) is 2. The van der Waals surface area contributed by atoms with Crippen molar-refractivity contribution in [2.24, 2.45) is 0 Å². The van der Waals surface area contributed by atoms with Crippen LogP contribution in [0.25, 0.3) is 0 Å². The van der Waals surface area contributed by atoms with Crippen LogP contribution >= 0.6 is 11.8 Å². The van der Waals surface area contributed by atoms with Crippen molar-refractivity contribution in [1.82, 2.24) is 0 Å². The van der Waals surface area contributed by atoms with E-state index in [1.807, 2.05) is 6.07 Å². The van der Waals surface area contributed by atoms with Gasteiger partial charge in [-0.2, -0.15) is 17.0 Å². The van der Waals surface area contributed by atoms with Crippen molar-refractivity contribution in [2.45, 2.75) is 30.6 Å². The second kappa shape index (κ2) is 6.33. The fourth-order valence-corrected chi connectivity index (χ4v) is 3.59. The van der Waals surface area contributed by atoms with Gasteiger partial charge in [-0.1, -0.05) is 6.92 Å². The van der Waals surface area contributed by atoms with Crippen molar-refractivity contribution in [3.63, 3.8) is 0 Å². The van der Waals surface area contributed by atoms with Crippen molar-refractivity contribution in [3.8, 4) is 6.07 Å². The number of hydrogen-bond donors (Lipinski definition) is 2. The molecule has 1 fully saturated rings. The quantitative estimate of drug-likeness (QED) is 0.619. The molecule has 1 aliphatic carbocycles. The maximum absolute atomic E-state index is 10.8. The van der Waals surface area contributed by atoms with E-state index in [1.165, 1.54) is 12.1 Å². The molecule has 21 heavy (non-hydrogen) atoms. The van der Waals surface area contributed by atoms with Gasteiger partial charge in [-0.15, -0.1) is 0 Å². The Morgan fingerprint density at radius 2 is 2.43 bits per heavy atom. The lowest BCUT2D eigenvalue weighted by Crippen LogP contribution is -2.54. The predicted octanol–water partition coefficient (Wildman–Crippen LogP) is 2.52. The maximum atomic E-state index is 10.8. The van der Waals surface area contributed by atoms with E-state index in [1.54, 1.807) is 17.8 Å². The number of rotatable bonds is 6. The Morgan fingerprint density at radius 1 is 1.67 bits per heavy atom. The third-order valence-corrected chi connectivity index (χ3v) is 5.13. The van der Waals surface area contributed by atoms with Crippen molar-refractivity contribution >= 4 is 23.1 Å². The lowest BCUT2D eigenvalue weighted by molar-refractivity contribution is -0.385. The number of aliphatic hydroxyl groups is 1. The summed E-state index contributed by atoms with van der Waals surface area (Å²) < 4.78 is 0. The van der Waals surface area contributed by atoms with Crippen LogP contribution in [0.2, 0.25) is 0 Å². The number of nitrogens with one attached hydrogen (secondary N) is 1. The average Bonchev–Trinajstić information content (AvgIpc) is 2.48. The van der Waals surface area contributed by atoms with E-state index in [0.29, 0.717) is 12.2 Å². The topological polar surface area (TPSA) is 99.2 Å². The molecule has 1 aliphatic rings. The zero-order valence-corrected chi connectivity index (χ0v) is 12.5. The van der Waals surface area contributed by atoms with Gasteiger partial charge in [0.1, 0.15) is 11.6 Å². The van der Waals surface area contributed by atoms with E-state index in [0.717, 1.165) is 18.6 Å². The van der Waals surface area contributed by atoms with Crippen LogP contribution in [0.3, 0.4) is 0 Å². The van der Waals surface area contributed by atoms with E-state index >= 15 is 0 Å². The van der Waals surface area contributed by atoms with E-state index < -0.39 is 10.5 Å². The van der Waals surface area contributed by atoms with Gasteiger partial charge >= 0.3 is 0 Å². The molecule has 0 radical (unpaired) electrons. The Labute approximate surface area is 127 Å². The molecule has 6 nitrogen and oxygen atoms in total. The summed E-state index contributed by atoms with van der Waals surface area (Å²) >= 11 is 1.74. The molecule has 2 rings (SSSR count). The Hall–Kier alpha value is -1.78. The van der Waals surface area contributed by atoms with Crippen LogP contribution in [0.4, 0.5) is 11.4 Å². The van der Waals surface area contributed by atoms with Crippen molar-refractivity contribution in [3.05, 3.63) is 33.9 Å². The van der Waals surface area contributed by atoms with Crippen molar-refractivity contribution < 1.29 is 10.0 Å². The first kappa shape index (κ1) is 15.6. The smallest absolute Gasteiger partial charge is 0.287 e. The number of benzene rings is 1. The predicted molar refractivity (Wildman–Crippen MR) is 82.4 cm³/mol. The molecule has 1 aromatic carbocycles. The first-order valence-electron chi connectivity index (χ1n) is 6.76. The van der Waals surface area contributed by atoms with Gasteiger partial charge in [0, 0.05) is 23.5 Å². The Bertz CT molecular complexity index is 587. The number of anilines is 1. The van der Waals surface area contributed by atoms with Crippen molar-refractivity contribution in [2.75, 3.05) is 17.6 Å². The highest BCUT2D eigenvalue weighted by Crippen LogP contribution is 2.41. The molecule has 1 aromatic rings. The fraction of sp³-hybridized carbons (Fsp3) is 0.500. The van der Waals surface area contributed by atoms with Crippen LogP contribution in [0.15, 0.2) is 18.2 Å². The summed E-state index contributed by atoms with van der Waals surface area (Å²) in [4.78, 5) is 10.2. The van der Waals surface area contributed by atoms with Gasteiger partial charge in [0.15, 0.2) is 0 Å². The number of thioether (sulfide) groups is 1. The molecule has 0 spiro atoms. The van der Waals surface area contributed by atoms with Gasteiger partial charge in [-0.3, -0.25) is 10.1 Å². The standard InChI is InChI=1S/C14H17N3O3S/c1-2-21-13-5-6-14(13,18)9-16-11-3-4-12(17(19)20)10(7-11)8-15/h3-4,7,13,16,18H,2,5-6,9H2,1H3/t13-,14+/m1/s1. The lowest BCUT2D eigenvalue weighted by atomic mass is 9.79. The van der Waals surface area contributed by atoms with Crippen LogP contribution in [0.1, 0.15) is 25.3 Å². The van der Waals surface area contributed by atoms with Gasteiger partial charge in [0.2, 0.25) is 0 Å². The first-order valence-corrected chi connectivity index (χ1v) is 7.81. The lowest BCUT2D eigenvalue weighted by Gasteiger charge is -2.45. The highest BCUT2D eigenvalue weighted by Gasteiger charge is 2.44. The van der Waals surface area contributed by atoms with Crippen LogP contribution in [0, 0.1) is 21.4 Å². The zero-order valence-electron chi connectivity index (χ0n) is 11.7. The molecule has 112 valence electrons. The normalized spacial score (nSPS) is 24.0. The summed E-state index contributed by atoms with van der Waals surface area (Å²) in [5, 5.41) is 33.5. The molecular formula is C14H17N3O3S. The largest absolute Gasteiger partial charge is 0.387 e. The minimum absolute atomic E-state index is 0.0186. The SMILES string of the molecule is CCS[C@@H]1CC[C@]1(O)CNc1ccc([N+](=O)[O-])c(C#N)c1. The minimum Gasteiger partial charge on any atom is -0.387 e. The van der Waals surface area contributed by atoms with Crippen LogP contribution < -0.4 is 5.32 Å². The minimum atomic E-state index is -0.741.